The van der Waals surface area contributed by atoms with E-state index in [1.807, 2.05) is 24.3 Å². The second-order valence-corrected chi connectivity index (χ2v) is 8.25. The van der Waals surface area contributed by atoms with Gasteiger partial charge in [-0.25, -0.2) is 0 Å². The van der Waals surface area contributed by atoms with Gasteiger partial charge in [-0.1, -0.05) is 60.7 Å². The van der Waals surface area contributed by atoms with Crippen LogP contribution < -0.4 is 15.5 Å². The first-order chi connectivity index (χ1) is 16.7. The third-order valence-electron chi connectivity index (χ3n) is 6.02. The van der Waals surface area contributed by atoms with Crippen molar-refractivity contribution in [1.82, 2.24) is 0 Å². The fourth-order valence-electron chi connectivity index (χ4n) is 4.13. The van der Waals surface area contributed by atoms with Crippen molar-refractivity contribution in [3.8, 4) is 11.1 Å². The lowest BCUT2D eigenvalue weighted by atomic mass is 10.0. The number of hydrogen-bond donors (Lipinski definition) is 1. The molecular weight excluding hydrogens is 414 g/mol. The Labute approximate surface area is 201 Å². The van der Waals surface area contributed by atoms with E-state index in [2.05, 4.69) is 126 Å². The molecule has 5 rings (SSSR count). The second-order valence-electron chi connectivity index (χ2n) is 8.25. The van der Waals surface area contributed by atoms with E-state index >= 15 is 0 Å². The van der Waals surface area contributed by atoms with Crippen molar-refractivity contribution in [1.29, 1.82) is 0 Å². The van der Waals surface area contributed by atoms with E-state index < -0.39 is 0 Å². The van der Waals surface area contributed by atoms with Gasteiger partial charge < -0.3 is 15.5 Å². The van der Waals surface area contributed by atoms with Crippen LogP contribution in [0.2, 0.25) is 0 Å². The van der Waals surface area contributed by atoms with Gasteiger partial charge in [0.25, 0.3) is 0 Å². The van der Waals surface area contributed by atoms with Crippen LogP contribution in [0.5, 0.6) is 0 Å². The van der Waals surface area contributed by atoms with Crippen LogP contribution in [0, 0.1) is 0 Å². The Morgan fingerprint density at radius 2 is 0.765 bits per heavy atom. The van der Waals surface area contributed by atoms with Gasteiger partial charge >= 0.3 is 0 Å². The molecule has 5 aromatic rings. The number of nitrogen functional groups attached to an aromatic ring is 1. The van der Waals surface area contributed by atoms with Gasteiger partial charge in [0, 0.05) is 41.2 Å². The first-order valence-corrected chi connectivity index (χ1v) is 11.4. The topological polar surface area (TPSA) is 32.5 Å². The van der Waals surface area contributed by atoms with Crippen LogP contribution in [-0.4, -0.2) is 7.05 Å². The number of nitrogens with zero attached hydrogens (tertiary/aromatic N) is 2. The highest BCUT2D eigenvalue weighted by molar-refractivity contribution is 5.79. The maximum atomic E-state index is 5.93. The molecule has 0 atom stereocenters. The van der Waals surface area contributed by atoms with Crippen molar-refractivity contribution in [2.45, 2.75) is 0 Å². The highest BCUT2D eigenvalue weighted by atomic mass is 15.1. The molecule has 0 bridgehead atoms. The monoisotopic (exact) mass is 441 g/mol. The second kappa shape index (κ2) is 9.55. The lowest BCUT2D eigenvalue weighted by Crippen LogP contribution is -2.09. The Hall–Kier alpha value is -4.50. The Bertz CT molecular complexity index is 1330. The van der Waals surface area contributed by atoms with Gasteiger partial charge in [-0.05, 0) is 83.9 Å². The summed E-state index contributed by atoms with van der Waals surface area (Å²) in [4.78, 5) is 4.43. The standard InChI is InChI=1S/C31H27N3/c1-33(27-8-4-2-5-9-27)28-18-12-24(13-19-28)25-14-20-30(21-15-25)34(29-10-6-3-7-11-29)31-22-16-26(32)17-23-31/h2-23H,32H2,1H3. The SMILES string of the molecule is CN(c1ccccc1)c1ccc(-c2ccc(N(c3ccccc3)c3ccc(N)cc3)cc2)cc1. The molecule has 0 aliphatic heterocycles. The van der Waals surface area contributed by atoms with E-state index in [1.165, 1.54) is 16.8 Å². The summed E-state index contributed by atoms with van der Waals surface area (Å²) in [5.74, 6) is 0. The fourth-order valence-corrected chi connectivity index (χ4v) is 4.13. The van der Waals surface area contributed by atoms with Crippen molar-refractivity contribution in [3.05, 3.63) is 133 Å². The number of hydrogen-bond acceptors (Lipinski definition) is 3. The molecule has 0 aliphatic carbocycles. The van der Waals surface area contributed by atoms with Crippen LogP contribution in [0.1, 0.15) is 0 Å². The summed E-state index contributed by atoms with van der Waals surface area (Å²) < 4.78 is 0. The van der Waals surface area contributed by atoms with Crippen LogP contribution in [0.25, 0.3) is 11.1 Å². The van der Waals surface area contributed by atoms with Gasteiger partial charge in [0.2, 0.25) is 0 Å². The molecule has 0 spiro atoms. The molecule has 166 valence electrons. The van der Waals surface area contributed by atoms with Crippen molar-refractivity contribution >= 4 is 34.1 Å². The number of para-hydroxylation sites is 2. The fraction of sp³-hybridized carbons (Fsp3) is 0.0323. The number of benzene rings is 5. The van der Waals surface area contributed by atoms with Gasteiger partial charge in [0.05, 0.1) is 0 Å². The van der Waals surface area contributed by atoms with Crippen LogP contribution in [0.15, 0.2) is 133 Å². The molecule has 0 unspecified atom stereocenters. The van der Waals surface area contributed by atoms with Crippen LogP contribution in [0.4, 0.5) is 34.1 Å². The number of anilines is 6. The lowest BCUT2D eigenvalue weighted by Gasteiger charge is -2.25. The largest absolute Gasteiger partial charge is 0.399 e. The summed E-state index contributed by atoms with van der Waals surface area (Å²) in [7, 11) is 2.09. The minimum atomic E-state index is 0.758. The summed E-state index contributed by atoms with van der Waals surface area (Å²) in [5.41, 5.74) is 14.7. The highest BCUT2D eigenvalue weighted by Gasteiger charge is 2.12. The zero-order valence-electron chi connectivity index (χ0n) is 19.2. The molecular formula is C31H27N3. The smallest absolute Gasteiger partial charge is 0.0463 e. The minimum Gasteiger partial charge on any atom is -0.399 e. The van der Waals surface area contributed by atoms with Gasteiger partial charge in [-0.2, -0.15) is 0 Å². The molecule has 0 amide bonds. The van der Waals surface area contributed by atoms with E-state index in [1.54, 1.807) is 0 Å². The molecule has 0 fully saturated rings. The van der Waals surface area contributed by atoms with Gasteiger partial charge in [-0.3, -0.25) is 0 Å². The van der Waals surface area contributed by atoms with E-state index in [9.17, 15) is 0 Å². The van der Waals surface area contributed by atoms with Crippen molar-refractivity contribution in [3.63, 3.8) is 0 Å². The molecule has 3 heteroatoms. The summed E-state index contributed by atoms with van der Waals surface area (Å²) >= 11 is 0. The van der Waals surface area contributed by atoms with Gasteiger partial charge in [0.15, 0.2) is 0 Å². The molecule has 2 N–H and O–H groups in total. The molecule has 3 nitrogen and oxygen atoms in total. The zero-order valence-corrected chi connectivity index (χ0v) is 19.2. The van der Waals surface area contributed by atoms with Crippen LogP contribution in [0.3, 0.4) is 0 Å². The molecule has 0 aliphatic rings. The summed E-state index contributed by atoms with van der Waals surface area (Å²) in [6, 6.07) is 46.2. The average Bonchev–Trinajstić information content (AvgIpc) is 2.91. The Balaban J connectivity index is 1.42. The molecule has 0 saturated carbocycles. The van der Waals surface area contributed by atoms with Gasteiger partial charge in [-0.15, -0.1) is 0 Å². The number of nitrogens with two attached hydrogens (primary N) is 1. The maximum Gasteiger partial charge on any atom is 0.0463 e. The Morgan fingerprint density at radius 3 is 1.26 bits per heavy atom. The molecule has 0 saturated heterocycles. The summed E-state index contributed by atoms with van der Waals surface area (Å²) in [5, 5.41) is 0. The Morgan fingerprint density at radius 1 is 0.412 bits per heavy atom. The van der Waals surface area contributed by atoms with E-state index in [4.69, 9.17) is 5.73 Å². The van der Waals surface area contributed by atoms with E-state index in [-0.39, 0.29) is 0 Å². The van der Waals surface area contributed by atoms with Crippen molar-refractivity contribution in [2.24, 2.45) is 0 Å². The van der Waals surface area contributed by atoms with E-state index in [0.29, 0.717) is 0 Å². The minimum absolute atomic E-state index is 0.758. The average molecular weight is 442 g/mol. The number of rotatable bonds is 6. The van der Waals surface area contributed by atoms with Crippen LogP contribution >= 0.6 is 0 Å². The normalized spacial score (nSPS) is 10.6. The highest BCUT2D eigenvalue weighted by Crippen LogP contribution is 2.36. The summed E-state index contributed by atoms with van der Waals surface area (Å²) in [6.07, 6.45) is 0. The van der Waals surface area contributed by atoms with Gasteiger partial charge in [0.1, 0.15) is 0 Å². The third kappa shape index (κ3) is 4.50. The lowest BCUT2D eigenvalue weighted by molar-refractivity contribution is 1.21. The van der Waals surface area contributed by atoms with Crippen LogP contribution in [-0.2, 0) is 0 Å². The van der Waals surface area contributed by atoms with Crippen molar-refractivity contribution in [2.75, 3.05) is 22.6 Å². The third-order valence-corrected chi connectivity index (χ3v) is 6.02. The van der Waals surface area contributed by atoms with E-state index in [0.717, 1.165) is 28.4 Å². The molecule has 5 aromatic carbocycles. The molecule has 0 heterocycles. The van der Waals surface area contributed by atoms with Crippen molar-refractivity contribution < 1.29 is 0 Å². The Kier molecular flexibility index (Phi) is 6.00. The summed E-state index contributed by atoms with van der Waals surface area (Å²) in [6.45, 7) is 0. The maximum absolute atomic E-state index is 5.93. The first kappa shape index (κ1) is 21.4. The predicted octanol–water partition coefficient (Wildman–Crippen LogP) is 8.17. The quantitative estimate of drug-likeness (QED) is 0.270. The first-order valence-electron chi connectivity index (χ1n) is 11.4. The predicted molar refractivity (Wildman–Crippen MR) is 145 cm³/mol. The molecule has 34 heavy (non-hydrogen) atoms. The molecule has 0 radical (unpaired) electrons. The molecule has 0 aromatic heterocycles. The zero-order chi connectivity index (χ0) is 23.3.